The van der Waals surface area contributed by atoms with Crippen LogP contribution in [0.3, 0.4) is 0 Å². The molecule has 0 fully saturated rings. The molecule has 23 heavy (non-hydrogen) atoms. The van der Waals surface area contributed by atoms with E-state index < -0.39 is 11.8 Å². The van der Waals surface area contributed by atoms with Crippen LogP contribution in [-0.2, 0) is 5.41 Å². The first kappa shape index (κ1) is 17.3. The van der Waals surface area contributed by atoms with Crippen LogP contribution < -0.4 is 4.74 Å². The fourth-order valence-corrected chi connectivity index (χ4v) is 1.74. The average molecular weight is 325 g/mol. The molecule has 126 valence electrons. The second kappa shape index (κ2) is 7.04. The second-order valence-electron chi connectivity index (χ2n) is 6.12. The number of halogens is 2. The number of nitrogens with zero attached hydrogens (tertiary/aromatic N) is 3. The predicted octanol–water partition coefficient (Wildman–Crippen LogP) is 3.22. The highest BCUT2D eigenvalue weighted by Crippen LogP contribution is 2.30. The van der Waals surface area contributed by atoms with Gasteiger partial charge >= 0.3 is 0 Å². The van der Waals surface area contributed by atoms with E-state index in [2.05, 4.69) is 10.1 Å². The molecule has 2 aromatic rings. The SMILES string of the molecule is CN(C)CCOc1ccc(-c2noc(C(C)(C)C(F)F)n2)cc1. The highest BCUT2D eigenvalue weighted by Gasteiger charge is 2.37. The van der Waals surface area contributed by atoms with Crippen LogP contribution in [0.15, 0.2) is 28.8 Å². The molecule has 2 rings (SSSR count). The molecule has 0 atom stereocenters. The third-order valence-corrected chi connectivity index (χ3v) is 3.44. The summed E-state index contributed by atoms with van der Waals surface area (Å²) in [7, 11) is 3.95. The zero-order valence-electron chi connectivity index (χ0n) is 13.7. The van der Waals surface area contributed by atoms with Crippen molar-refractivity contribution in [2.45, 2.75) is 25.7 Å². The molecule has 1 aromatic carbocycles. The van der Waals surface area contributed by atoms with Crippen molar-refractivity contribution in [2.24, 2.45) is 0 Å². The topological polar surface area (TPSA) is 51.4 Å². The Labute approximate surface area is 134 Å². The maximum absolute atomic E-state index is 13.0. The van der Waals surface area contributed by atoms with Crippen molar-refractivity contribution in [1.29, 1.82) is 0 Å². The molecule has 0 saturated carbocycles. The summed E-state index contributed by atoms with van der Waals surface area (Å²) in [6, 6.07) is 7.13. The molecule has 5 nitrogen and oxygen atoms in total. The maximum atomic E-state index is 13.0. The molecule has 0 radical (unpaired) electrons. The Morgan fingerprint density at radius 1 is 1.22 bits per heavy atom. The standard InChI is InChI=1S/C16H21F2N3O2/c1-16(2,14(17)18)15-19-13(20-23-15)11-5-7-12(8-6-11)22-10-9-21(3)4/h5-8,14H,9-10H2,1-4H3. The summed E-state index contributed by atoms with van der Waals surface area (Å²) in [5.41, 5.74) is -0.787. The fourth-order valence-electron chi connectivity index (χ4n) is 1.74. The smallest absolute Gasteiger partial charge is 0.252 e. The van der Waals surface area contributed by atoms with E-state index in [1.165, 1.54) is 13.8 Å². The summed E-state index contributed by atoms with van der Waals surface area (Å²) in [5, 5.41) is 3.78. The van der Waals surface area contributed by atoms with E-state index in [0.29, 0.717) is 12.2 Å². The third kappa shape index (κ3) is 4.25. The van der Waals surface area contributed by atoms with Gasteiger partial charge in [0.05, 0.1) is 0 Å². The summed E-state index contributed by atoms with van der Waals surface area (Å²) in [6.07, 6.45) is -2.58. The van der Waals surface area contributed by atoms with E-state index in [-0.39, 0.29) is 11.7 Å². The molecule has 0 N–H and O–H groups in total. The van der Waals surface area contributed by atoms with E-state index in [0.717, 1.165) is 12.3 Å². The van der Waals surface area contributed by atoms with Gasteiger partial charge in [-0.15, -0.1) is 0 Å². The molecule has 1 heterocycles. The summed E-state index contributed by atoms with van der Waals surface area (Å²) < 4.78 is 36.6. The number of hydrogen-bond donors (Lipinski definition) is 0. The molecule has 0 amide bonds. The first-order chi connectivity index (χ1) is 10.8. The van der Waals surface area contributed by atoms with E-state index in [9.17, 15) is 8.78 Å². The van der Waals surface area contributed by atoms with E-state index in [4.69, 9.17) is 9.26 Å². The largest absolute Gasteiger partial charge is 0.492 e. The maximum Gasteiger partial charge on any atom is 0.252 e. The molecule has 0 unspecified atom stereocenters. The summed E-state index contributed by atoms with van der Waals surface area (Å²) in [5.74, 6) is 0.939. The normalized spacial score (nSPS) is 12.2. The zero-order valence-corrected chi connectivity index (χ0v) is 13.7. The van der Waals surface area contributed by atoms with Gasteiger partial charge in [0.1, 0.15) is 17.8 Å². The number of rotatable bonds is 7. The number of ether oxygens (including phenoxy) is 1. The highest BCUT2D eigenvalue weighted by atomic mass is 19.3. The molecule has 0 bridgehead atoms. The van der Waals surface area contributed by atoms with E-state index in [1.54, 1.807) is 24.3 Å². The van der Waals surface area contributed by atoms with Crippen LogP contribution in [0.25, 0.3) is 11.4 Å². The first-order valence-electron chi connectivity index (χ1n) is 7.31. The van der Waals surface area contributed by atoms with Gasteiger partial charge in [-0.2, -0.15) is 4.98 Å². The van der Waals surface area contributed by atoms with Crippen LogP contribution in [0, 0.1) is 0 Å². The molecule has 0 aliphatic rings. The number of benzene rings is 1. The van der Waals surface area contributed by atoms with Crippen LogP contribution in [-0.4, -0.2) is 48.7 Å². The van der Waals surface area contributed by atoms with Crippen molar-refractivity contribution in [2.75, 3.05) is 27.2 Å². The summed E-state index contributed by atoms with van der Waals surface area (Å²) in [6.45, 7) is 4.15. The van der Waals surface area contributed by atoms with E-state index in [1.807, 2.05) is 19.0 Å². The van der Waals surface area contributed by atoms with Crippen molar-refractivity contribution in [3.8, 4) is 17.1 Å². The Morgan fingerprint density at radius 3 is 2.43 bits per heavy atom. The molecule has 1 aromatic heterocycles. The Kier molecular flexibility index (Phi) is 5.30. The van der Waals surface area contributed by atoms with Gasteiger partial charge in [-0.05, 0) is 52.2 Å². The quantitative estimate of drug-likeness (QED) is 0.782. The fraction of sp³-hybridized carbons (Fsp3) is 0.500. The minimum Gasteiger partial charge on any atom is -0.492 e. The van der Waals surface area contributed by atoms with Crippen molar-refractivity contribution in [1.82, 2.24) is 15.0 Å². The Morgan fingerprint density at radius 2 is 1.87 bits per heavy atom. The second-order valence-corrected chi connectivity index (χ2v) is 6.12. The summed E-state index contributed by atoms with van der Waals surface area (Å²) in [4.78, 5) is 6.11. The first-order valence-corrected chi connectivity index (χ1v) is 7.31. The minimum absolute atomic E-state index is 0.0752. The van der Waals surface area contributed by atoms with Gasteiger partial charge in [-0.1, -0.05) is 5.16 Å². The number of likely N-dealkylation sites (N-methyl/N-ethyl adjacent to an activating group) is 1. The van der Waals surface area contributed by atoms with E-state index >= 15 is 0 Å². The Bertz CT molecular complexity index is 625. The molecule has 0 saturated heterocycles. The van der Waals surface area contributed by atoms with Crippen LogP contribution in [0.5, 0.6) is 5.75 Å². The van der Waals surface area contributed by atoms with Crippen molar-refractivity contribution >= 4 is 0 Å². The Balaban J connectivity index is 2.07. The van der Waals surface area contributed by atoms with Gasteiger partial charge in [0.15, 0.2) is 0 Å². The number of aromatic nitrogens is 2. The van der Waals surface area contributed by atoms with Gasteiger partial charge in [0.25, 0.3) is 6.43 Å². The lowest BCUT2D eigenvalue weighted by atomic mass is 9.94. The molecule has 0 aliphatic carbocycles. The lowest BCUT2D eigenvalue weighted by Gasteiger charge is -2.17. The van der Waals surface area contributed by atoms with Gasteiger partial charge in [-0.3, -0.25) is 0 Å². The number of alkyl halides is 2. The number of hydrogen-bond acceptors (Lipinski definition) is 5. The summed E-state index contributed by atoms with van der Waals surface area (Å²) >= 11 is 0. The molecule has 7 heteroatoms. The van der Waals surface area contributed by atoms with Gasteiger partial charge in [0.2, 0.25) is 11.7 Å². The molecule has 0 spiro atoms. The van der Waals surface area contributed by atoms with Crippen molar-refractivity contribution < 1.29 is 18.0 Å². The minimum atomic E-state index is -2.58. The highest BCUT2D eigenvalue weighted by molar-refractivity contribution is 5.55. The van der Waals surface area contributed by atoms with Gasteiger partial charge in [0, 0.05) is 12.1 Å². The monoisotopic (exact) mass is 325 g/mol. The van der Waals surface area contributed by atoms with Crippen LogP contribution in [0.4, 0.5) is 8.78 Å². The van der Waals surface area contributed by atoms with Crippen LogP contribution >= 0.6 is 0 Å². The lowest BCUT2D eigenvalue weighted by Crippen LogP contribution is -2.27. The molecular formula is C16H21F2N3O2. The third-order valence-electron chi connectivity index (χ3n) is 3.44. The van der Waals surface area contributed by atoms with Crippen molar-refractivity contribution in [3.63, 3.8) is 0 Å². The Hall–Kier alpha value is -2.02. The predicted molar refractivity (Wildman–Crippen MR) is 82.8 cm³/mol. The molecule has 0 aliphatic heterocycles. The van der Waals surface area contributed by atoms with Crippen LogP contribution in [0.2, 0.25) is 0 Å². The zero-order chi connectivity index (χ0) is 17.0. The average Bonchev–Trinajstić information content (AvgIpc) is 2.98. The van der Waals surface area contributed by atoms with Gasteiger partial charge in [-0.25, -0.2) is 8.78 Å². The van der Waals surface area contributed by atoms with Gasteiger partial charge < -0.3 is 14.2 Å². The lowest BCUT2D eigenvalue weighted by molar-refractivity contribution is 0.0505. The van der Waals surface area contributed by atoms with Crippen LogP contribution in [0.1, 0.15) is 19.7 Å². The molecular weight excluding hydrogens is 304 g/mol. The van der Waals surface area contributed by atoms with Crippen molar-refractivity contribution in [3.05, 3.63) is 30.2 Å².